The minimum Gasteiger partial charge on any atom is -0.357 e. The van der Waals surface area contributed by atoms with Crippen LogP contribution in [0.3, 0.4) is 0 Å². The number of carbonyl (C=O) groups excluding carboxylic acids is 1. The lowest BCUT2D eigenvalue weighted by molar-refractivity contribution is -0.528. The van der Waals surface area contributed by atoms with E-state index in [0.717, 1.165) is 6.07 Å². The van der Waals surface area contributed by atoms with E-state index in [1.54, 1.807) is 0 Å². The Labute approximate surface area is 154 Å². The van der Waals surface area contributed by atoms with E-state index in [9.17, 15) is 45.6 Å². The predicted octanol–water partition coefficient (Wildman–Crippen LogP) is -2.64. The quantitative estimate of drug-likeness (QED) is 0.223. The molecule has 0 saturated carbocycles. The SMILES string of the molecule is CCC(O)(O)N(C(O)(O)CC)C(O)(O)C(O)(O)c1cccc2c1CC(=O)N2. The molecule has 1 aromatic carbocycles. The highest BCUT2D eigenvalue weighted by Gasteiger charge is 2.64. The van der Waals surface area contributed by atoms with E-state index in [-0.39, 0.29) is 17.7 Å². The Balaban J connectivity index is 2.65. The molecule has 1 aliphatic heterocycles. The number of hydrogen-bond donors (Lipinski definition) is 9. The Bertz CT molecular complexity index is 715. The largest absolute Gasteiger partial charge is 0.357 e. The van der Waals surface area contributed by atoms with E-state index in [1.165, 1.54) is 26.0 Å². The summed E-state index contributed by atoms with van der Waals surface area (Å²) < 4.78 is 0. The fraction of sp³-hybridized carbons (Fsp3) is 0.562. The van der Waals surface area contributed by atoms with E-state index < -0.39 is 52.7 Å². The summed E-state index contributed by atoms with van der Waals surface area (Å²) in [5.41, 5.74) is -0.333. The first-order valence-corrected chi connectivity index (χ1v) is 8.24. The molecule has 11 heteroatoms. The fourth-order valence-electron chi connectivity index (χ4n) is 3.01. The van der Waals surface area contributed by atoms with Gasteiger partial charge in [-0.25, -0.2) is 0 Å². The number of nitrogens with one attached hydrogen (secondary N) is 1. The summed E-state index contributed by atoms with van der Waals surface area (Å²) in [6, 6.07) is 3.80. The Morgan fingerprint density at radius 3 is 1.96 bits per heavy atom. The van der Waals surface area contributed by atoms with Crippen LogP contribution in [-0.4, -0.2) is 69.4 Å². The minimum atomic E-state index is -4.01. The summed E-state index contributed by atoms with van der Waals surface area (Å²) in [5.74, 6) is -14.7. The Kier molecular flexibility index (Phi) is 5.40. The summed E-state index contributed by atoms with van der Waals surface area (Å²) in [5, 5.41) is 85.0. The molecule has 0 fully saturated rings. The number of fused-ring (bicyclic) bond motifs is 1. The van der Waals surface area contributed by atoms with E-state index in [2.05, 4.69) is 5.32 Å². The number of carbonyl (C=O) groups is 1. The fourth-order valence-corrected chi connectivity index (χ4v) is 3.01. The molecule has 9 N–H and O–H groups in total. The van der Waals surface area contributed by atoms with Crippen LogP contribution in [0.15, 0.2) is 18.2 Å². The average Bonchev–Trinajstić information content (AvgIpc) is 2.93. The molecule has 1 aliphatic rings. The third kappa shape index (κ3) is 3.45. The van der Waals surface area contributed by atoms with Crippen molar-refractivity contribution in [2.45, 2.75) is 56.6 Å². The van der Waals surface area contributed by atoms with E-state index in [1.807, 2.05) is 0 Å². The molecule has 2 rings (SSSR count). The molecule has 0 aliphatic carbocycles. The minimum absolute atomic E-state index is 0.0240. The second-order valence-corrected chi connectivity index (χ2v) is 6.46. The van der Waals surface area contributed by atoms with Crippen molar-refractivity contribution in [3.05, 3.63) is 29.3 Å². The van der Waals surface area contributed by atoms with Crippen molar-refractivity contribution in [2.75, 3.05) is 5.32 Å². The van der Waals surface area contributed by atoms with Gasteiger partial charge in [-0.3, -0.25) is 4.79 Å². The third-order valence-electron chi connectivity index (χ3n) is 4.61. The number of amides is 1. The van der Waals surface area contributed by atoms with Crippen molar-refractivity contribution >= 4 is 11.6 Å². The van der Waals surface area contributed by atoms with Crippen molar-refractivity contribution in [1.82, 2.24) is 4.90 Å². The van der Waals surface area contributed by atoms with Gasteiger partial charge in [0, 0.05) is 24.1 Å². The summed E-state index contributed by atoms with van der Waals surface area (Å²) >= 11 is 0. The lowest BCUT2D eigenvalue weighted by Gasteiger charge is -2.51. The van der Waals surface area contributed by atoms with Crippen LogP contribution < -0.4 is 5.32 Å². The monoisotopic (exact) mass is 388 g/mol. The molecule has 152 valence electrons. The highest BCUT2D eigenvalue weighted by molar-refractivity contribution is 5.99. The number of rotatable bonds is 7. The van der Waals surface area contributed by atoms with Crippen LogP contribution in [0.5, 0.6) is 0 Å². The zero-order valence-electron chi connectivity index (χ0n) is 14.8. The molecular formula is C16H24N2O9. The van der Waals surface area contributed by atoms with Crippen LogP contribution in [0, 0.1) is 0 Å². The maximum Gasteiger partial charge on any atom is 0.295 e. The summed E-state index contributed by atoms with van der Waals surface area (Å²) in [6.45, 7) is 2.35. The van der Waals surface area contributed by atoms with Crippen molar-refractivity contribution < 1.29 is 45.6 Å². The van der Waals surface area contributed by atoms with Gasteiger partial charge in [0.25, 0.3) is 11.7 Å². The van der Waals surface area contributed by atoms with Gasteiger partial charge >= 0.3 is 0 Å². The van der Waals surface area contributed by atoms with Crippen LogP contribution in [0.1, 0.15) is 37.8 Å². The molecule has 0 bridgehead atoms. The first-order chi connectivity index (χ1) is 12.2. The maximum atomic E-state index is 11.6. The summed E-state index contributed by atoms with van der Waals surface area (Å²) in [7, 11) is 0. The van der Waals surface area contributed by atoms with Gasteiger partial charge in [0.2, 0.25) is 17.7 Å². The highest BCUT2D eigenvalue weighted by Crippen LogP contribution is 2.42. The van der Waals surface area contributed by atoms with Crippen LogP contribution in [0.2, 0.25) is 0 Å². The zero-order chi connectivity index (χ0) is 20.8. The highest BCUT2D eigenvalue weighted by atomic mass is 16.7. The van der Waals surface area contributed by atoms with Gasteiger partial charge in [-0.15, -0.1) is 4.90 Å². The van der Waals surface area contributed by atoms with Gasteiger partial charge in [0.15, 0.2) is 0 Å². The molecule has 1 amide bonds. The predicted molar refractivity (Wildman–Crippen MR) is 88.8 cm³/mol. The summed E-state index contributed by atoms with van der Waals surface area (Å²) in [4.78, 5) is 11.2. The molecular weight excluding hydrogens is 364 g/mol. The lowest BCUT2D eigenvalue weighted by atomic mass is 9.93. The molecule has 11 nitrogen and oxygen atoms in total. The van der Waals surface area contributed by atoms with Gasteiger partial charge in [-0.2, -0.15) is 0 Å². The molecule has 1 aromatic rings. The van der Waals surface area contributed by atoms with Crippen molar-refractivity contribution in [3.63, 3.8) is 0 Å². The number of benzene rings is 1. The molecule has 0 radical (unpaired) electrons. The molecule has 1 heterocycles. The normalized spacial score (nSPS) is 15.9. The second kappa shape index (κ2) is 6.74. The van der Waals surface area contributed by atoms with E-state index in [4.69, 9.17) is 0 Å². The van der Waals surface area contributed by atoms with Crippen LogP contribution in [0.4, 0.5) is 5.69 Å². The smallest absolute Gasteiger partial charge is 0.295 e. The standard InChI is InChI=1S/C16H24N2O9/c1-3-13(20,21)18(14(22,23)4-2)16(26,27)15(24,25)10-6-5-7-11-9(10)8-12(19)17-11/h5-7,20-27H,3-4,8H2,1-2H3,(H,17,19). The third-order valence-corrected chi connectivity index (χ3v) is 4.61. The van der Waals surface area contributed by atoms with Crippen LogP contribution in [0.25, 0.3) is 0 Å². The number of nitrogens with zero attached hydrogens (tertiary/aromatic N) is 1. The van der Waals surface area contributed by atoms with Crippen molar-refractivity contribution in [1.29, 1.82) is 0 Å². The van der Waals surface area contributed by atoms with Gasteiger partial charge in [-0.1, -0.05) is 26.0 Å². The second-order valence-electron chi connectivity index (χ2n) is 6.46. The molecule has 0 aromatic heterocycles. The number of aliphatic hydroxyl groups is 8. The Morgan fingerprint density at radius 2 is 1.48 bits per heavy atom. The lowest BCUT2D eigenvalue weighted by Crippen LogP contribution is -2.76. The summed E-state index contributed by atoms with van der Waals surface area (Å²) in [6.07, 6.45) is -1.64. The van der Waals surface area contributed by atoms with Crippen LogP contribution in [-0.2, 0) is 17.0 Å². The first kappa shape index (κ1) is 21.6. The molecule has 0 unspecified atom stereocenters. The topological polar surface area (TPSA) is 194 Å². The Morgan fingerprint density at radius 1 is 0.963 bits per heavy atom. The van der Waals surface area contributed by atoms with Crippen molar-refractivity contribution in [2.24, 2.45) is 0 Å². The van der Waals surface area contributed by atoms with E-state index in [0.29, 0.717) is 0 Å². The first-order valence-electron chi connectivity index (χ1n) is 8.24. The average molecular weight is 388 g/mol. The molecule has 0 saturated heterocycles. The zero-order valence-corrected chi connectivity index (χ0v) is 14.8. The van der Waals surface area contributed by atoms with E-state index >= 15 is 0 Å². The van der Waals surface area contributed by atoms with Gasteiger partial charge in [0.1, 0.15) is 0 Å². The number of anilines is 1. The Hall–Kier alpha value is -1.67. The molecule has 27 heavy (non-hydrogen) atoms. The maximum absolute atomic E-state index is 11.6. The number of hydrogen-bond acceptors (Lipinski definition) is 10. The van der Waals surface area contributed by atoms with Gasteiger partial charge < -0.3 is 46.2 Å². The molecule has 0 atom stereocenters. The van der Waals surface area contributed by atoms with Crippen molar-refractivity contribution in [3.8, 4) is 0 Å². The van der Waals surface area contributed by atoms with Gasteiger partial charge in [0.05, 0.1) is 6.42 Å². The molecule has 0 spiro atoms. The van der Waals surface area contributed by atoms with Gasteiger partial charge in [-0.05, 0) is 11.6 Å². The van der Waals surface area contributed by atoms with Crippen LogP contribution >= 0.6 is 0 Å².